The standard InChI is InChI=1S/C9H6Cl4O/c1-5-2-3-6(7(10)4-5)8(14)9(11,12)13/h2-4H,1H3. The fourth-order valence-corrected chi connectivity index (χ4v) is 1.58. The Balaban J connectivity index is 3.15. The maximum absolute atomic E-state index is 11.5. The molecule has 0 N–H and O–H groups in total. The van der Waals surface area contributed by atoms with Gasteiger partial charge in [-0.3, -0.25) is 4.79 Å². The van der Waals surface area contributed by atoms with Crippen LogP contribution < -0.4 is 0 Å². The highest BCUT2D eigenvalue weighted by molar-refractivity contribution is 6.77. The summed E-state index contributed by atoms with van der Waals surface area (Å²) < 4.78 is -1.96. The summed E-state index contributed by atoms with van der Waals surface area (Å²) in [4.78, 5) is 11.5. The van der Waals surface area contributed by atoms with Crippen LogP contribution in [0.2, 0.25) is 5.02 Å². The maximum atomic E-state index is 11.5. The van der Waals surface area contributed by atoms with Crippen molar-refractivity contribution in [3.8, 4) is 0 Å². The van der Waals surface area contributed by atoms with Crippen LogP contribution in [0.4, 0.5) is 0 Å². The minimum Gasteiger partial charge on any atom is -0.289 e. The summed E-state index contributed by atoms with van der Waals surface area (Å²) in [6.45, 7) is 1.86. The highest BCUT2D eigenvalue weighted by atomic mass is 35.6. The molecule has 0 aliphatic carbocycles. The lowest BCUT2D eigenvalue weighted by atomic mass is 10.1. The van der Waals surface area contributed by atoms with Gasteiger partial charge < -0.3 is 0 Å². The second kappa shape index (κ2) is 4.28. The molecule has 0 unspecified atom stereocenters. The summed E-state index contributed by atoms with van der Waals surface area (Å²) in [6.07, 6.45) is 0. The monoisotopic (exact) mass is 270 g/mol. The van der Waals surface area contributed by atoms with Crippen molar-refractivity contribution in [2.45, 2.75) is 10.7 Å². The van der Waals surface area contributed by atoms with Crippen LogP contribution in [0.15, 0.2) is 18.2 Å². The van der Waals surface area contributed by atoms with Crippen molar-refractivity contribution in [2.75, 3.05) is 0 Å². The maximum Gasteiger partial charge on any atom is 0.253 e. The summed E-state index contributed by atoms with van der Waals surface area (Å²) in [7, 11) is 0. The van der Waals surface area contributed by atoms with Gasteiger partial charge in [0.25, 0.3) is 3.79 Å². The van der Waals surface area contributed by atoms with Gasteiger partial charge in [-0.25, -0.2) is 0 Å². The molecule has 0 saturated carbocycles. The Bertz CT molecular complexity index is 368. The lowest BCUT2D eigenvalue weighted by Gasteiger charge is -2.10. The number of hydrogen-bond donors (Lipinski definition) is 0. The average molecular weight is 272 g/mol. The minimum absolute atomic E-state index is 0.220. The van der Waals surface area contributed by atoms with Gasteiger partial charge in [-0.2, -0.15) is 0 Å². The van der Waals surface area contributed by atoms with E-state index in [2.05, 4.69) is 0 Å². The molecule has 0 bridgehead atoms. The third kappa shape index (κ3) is 2.77. The Kier molecular flexibility index (Phi) is 3.70. The molecule has 0 spiro atoms. The van der Waals surface area contributed by atoms with Crippen LogP contribution in [0.1, 0.15) is 15.9 Å². The average Bonchev–Trinajstić information content (AvgIpc) is 2.01. The smallest absolute Gasteiger partial charge is 0.253 e. The number of aryl methyl sites for hydroxylation is 1. The zero-order valence-corrected chi connectivity index (χ0v) is 10.2. The minimum atomic E-state index is -1.96. The van der Waals surface area contributed by atoms with E-state index in [1.807, 2.05) is 6.92 Å². The van der Waals surface area contributed by atoms with Crippen LogP contribution >= 0.6 is 46.4 Å². The van der Waals surface area contributed by atoms with E-state index in [0.717, 1.165) is 5.56 Å². The van der Waals surface area contributed by atoms with Gasteiger partial charge in [0.15, 0.2) is 0 Å². The summed E-state index contributed by atoms with van der Waals surface area (Å²) in [5.74, 6) is -0.618. The lowest BCUT2D eigenvalue weighted by Crippen LogP contribution is -2.19. The number of carbonyl (C=O) groups is 1. The number of benzene rings is 1. The van der Waals surface area contributed by atoms with Gasteiger partial charge >= 0.3 is 0 Å². The van der Waals surface area contributed by atoms with E-state index in [-0.39, 0.29) is 5.56 Å². The van der Waals surface area contributed by atoms with Crippen molar-refractivity contribution in [3.05, 3.63) is 34.3 Å². The molecule has 0 saturated heterocycles. The molecule has 0 radical (unpaired) electrons. The molecule has 0 heterocycles. The zero-order chi connectivity index (χ0) is 10.9. The Morgan fingerprint density at radius 3 is 2.29 bits per heavy atom. The van der Waals surface area contributed by atoms with Crippen LogP contribution in [0.25, 0.3) is 0 Å². The number of halogens is 4. The van der Waals surface area contributed by atoms with Crippen LogP contribution in [0, 0.1) is 6.92 Å². The van der Waals surface area contributed by atoms with Crippen LogP contribution in [0.5, 0.6) is 0 Å². The SMILES string of the molecule is Cc1ccc(C(=O)C(Cl)(Cl)Cl)c(Cl)c1. The fraction of sp³-hybridized carbons (Fsp3) is 0.222. The first kappa shape index (κ1) is 12.1. The molecule has 14 heavy (non-hydrogen) atoms. The number of rotatable bonds is 1. The van der Waals surface area contributed by atoms with E-state index in [9.17, 15) is 4.79 Å². The quantitative estimate of drug-likeness (QED) is 0.553. The molecule has 1 aromatic carbocycles. The number of carbonyl (C=O) groups excluding carboxylic acids is 1. The highest BCUT2D eigenvalue weighted by Gasteiger charge is 2.32. The topological polar surface area (TPSA) is 17.1 Å². The Labute approximate surface area is 102 Å². The first-order valence-corrected chi connectivity index (χ1v) is 5.21. The van der Waals surface area contributed by atoms with Crippen LogP contribution in [-0.4, -0.2) is 9.58 Å². The molecule has 1 rings (SSSR count). The van der Waals surface area contributed by atoms with Gasteiger partial charge in [0.05, 0.1) is 5.02 Å². The number of ketones is 1. The van der Waals surface area contributed by atoms with Crippen molar-refractivity contribution in [2.24, 2.45) is 0 Å². The molecule has 0 aliphatic heterocycles. The van der Waals surface area contributed by atoms with Crippen LogP contribution in [0.3, 0.4) is 0 Å². The third-order valence-electron chi connectivity index (χ3n) is 1.63. The van der Waals surface area contributed by atoms with E-state index in [1.54, 1.807) is 18.2 Å². The first-order chi connectivity index (χ1) is 6.32. The Morgan fingerprint density at radius 1 is 1.29 bits per heavy atom. The lowest BCUT2D eigenvalue weighted by molar-refractivity contribution is 0.0996. The molecule has 0 fully saturated rings. The van der Waals surface area contributed by atoms with E-state index in [0.29, 0.717) is 5.02 Å². The van der Waals surface area contributed by atoms with Gasteiger partial charge in [0.2, 0.25) is 5.78 Å². The molecule has 1 aromatic rings. The summed E-state index contributed by atoms with van der Waals surface area (Å²) in [5.41, 5.74) is 1.16. The number of alkyl halides is 3. The Morgan fingerprint density at radius 2 is 1.86 bits per heavy atom. The first-order valence-electron chi connectivity index (χ1n) is 3.70. The highest BCUT2D eigenvalue weighted by Crippen LogP contribution is 2.33. The molecular formula is C9H6Cl4O. The van der Waals surface area contributed by atoms with Gasteiger partial charge in [-0.15, -0.1) is 0 Å². The molecule has 0 amide bonds. The fourth-order valence-electron chi connectivity index (χ4n) is 0.957. The van der Waals surface area contributed by atoms with E-state index in [1.165, 1.54) is 0 Å². The molecule has 0 aromatic heterocycles. The molecule has 0 atom stereocenters. The normalized spacial score (nSPS) is 11.5. The predicted molar refractivity (Wildman–Crippen MR) is 60.8 cm³/mol. The van der Waals surface area contributed by atoms with Gasteiger partial charge in [0, 0.05) is 5.56 Å². The summed E-state index contributed by atoms with van der Waals surface area (Å²) in [5, 5.41) is 0.293. The third-order valence-corrected chi connectivity index (χ3v) is 2.45. The molecule has 1 nitrogen and oxygen atoms in total. The number of Topliss-reactive ketones (excluding diaryl/α,β-unsaturated/α-hetero) is 1. The van der Waals surface area contributed by atoms with E-state index < -0.39 is 9.58 Å². The predicted octanol–water partition coefficient (Wildman–Crippen LogP) is 4.20. The second-order valence-corrected chi connectivity index (χ2v) is 5.50. The number of hydrogen-bond acceptors (Lipinski definition) is 1. The van der Waals surface area contributed by atoms with Gasteiger partial charge in [-0.05, 0) is 24.6 Å². The van der Waals surface area contributed by atoms with Crippen molar-refractivity contribution in [1.82, 2.24) is 0 Å². The largest absolute Gasteiger partial charge is 0.289 e. The zero-order valence-electron chi connectivity index (χ0n) is 7.15. The van der Waals surface area contributed by atoms with Gasteiger partial charge in [0.1, 0.15) is 0 Å². The summed E-state index contributed by atoms with van der Waals surface area (Å²) in [6, 6.07) is 4.92. The molecule has 0 aliphatic rings. The van der Waals surface area contributed by atoms with Crippen molar-refractivity contribution in [3.63, 3.8) is 0 Å². The van der Waals surface area contributed by atoms with E-state index in [4.69, 9.17) is 46.4 Å². The van der Waals surface area contributed by atoms with Gasteiger partial charge in [-0.1, -0.05) is 52.5 Å². The van der Waals surface area contributed by atoms with Crippen molar-refractivity contribution in [1.29, 1.82) is 0 Å². The summed E-state index contributed by atoms with van der Waals surface area (Å²) >= 11 is 22.2. The molecule has 76 valence electrons. The van der Waals surface area contributed by atoms with Crippen molar-refractivity contribution < 1.29 is 4.79 Å². The van der Waals surface area contributed by atoms with Crippen LogP contribution in [-0.2, 0) is 0 Å². The molecular weight excluding hydrogens is 266 g/mol. The molecule has 5 heteroatoms. The second-order valence-electron chi connectivity index (χ2n) is 2.81. The van der Waals surface area contributed by atoms with Crippen molar-refractivity contribution >= 4 is 52.2 Å². The Hall–Kier alpha value is 0.0500. The van der Waals surface area contributed by atoms with E-state index >= 15 is 0 Å².